The van der Waals surface area contributed by atoms with Gasteiger partial charge in [-0.1, -0.05) is 0 Å². The fraction of sp³-hybridized carbons (Fsp3) is 0.889. The molecule has 0 saturated carbocycles. The second-order valence-electron chi connectivity index (χ2n) is 4.37. The van der Waals surface area contributed by atoms with E-state index in [9.17, 15) is 14.8 Å². The second kappa shape index (κ2) is 5.14. The largest absolute Gasteiger partial charge is 0.475 e. The molecule has 2 unspecified atom stereocenters. The summed E-state index contributed by atoms with van der Waals surface area (Å²) < 4.78 is 0. The average Bonchev–Trinajstić information content (AvgIpc) is 2.78. The highest BCUT2D eigenvalue weighted by Gasteiger charge is 2.39. The first kappa shape index (κ1) is 11.8. The van der Waals surface area contributed by atoms with Crippen LogP contribution in [0.25, 0.3) is 0 Å². The average molecular weight is 227 g/mol. The number of hydrogen-bond donors (Lipinski definition) is 4. The topological polar surface area (TPSA) is 84.8 Å². The summed E-state index contributed by atoms with van der Waals surface area (Å²) in [4.78, 5) is 13.7. The summed E-state index contributed by atoms with van der Waals surface area (Å²) in [6.45, 7) is 2.88. The molecule has 0 aromatic carbocycles. The van der Waals surface area contributed by atoms with Crippen molar-refractivity contribution < 1.29 is 14.8 Å². The molecular weight excluding hydrogens is 209 g/mol. The molecule has 2 rings (SSSR count). The van der Waals surface area contributed by atoms with Crippen LogP contribution in [0.1, 0.15) is 12.8 Å². The predicted octanol–water partition coefficient (Wildman–Crippen LogP) is -2.45. The minimum absolute atomic E-state index is 0.0252. The molecule has 0 aliphatic carbocycles. The molecule has 1 amide bonds. The normalized spacial score (nSPS) is 30.5. The second-order valence-corrected chi connectivity index (χ2v) is 4.37. The summed E-state index contributed by atoms with van der Waals surface area (Å²) >= 11 is 0. The lowest BCUT2D eigenvalue weighted by Crippen LogP contribution is -2.59. The van der Waals surface area contributed by atoms with Crippen LogP contribution >= 0.6 is 0 Å². The minimum atomic E-state index is -1.43. The summed E-state index contributed by atoms with van der Waals surface area (Å²) in [5, 5.41) is 24.7. The molecule has 2 fully saturated rings. The van der Waals surface area contributed by atoms with Crippen molar-refractivity contribution in [3.63, 3.8) is 0 Å². The third kappa shape index (κ3) is 2.37. The van der Waals surface area contributed by atoms with Gasteiger partial charge in [0.1, 0.15) is 0 Å². The molecule has 2 heterocycles. The van der Waals surface area contributed by atoms with Crippen molar-refractivity contribution in [1.82, 2.24) is 15.5 Å². The zero-order valence-electron chi connectivity index (χ0n) is 9.22. The number of carbonyl (C=O) groups is 1. The van der Waals surface area contributed by atoms with Crippen LogP contribution in [0.2, 0.25) is 0 Å². The van der Waals surface area contributed by atoms with Crippen molar-refractivity contribution in [1.29, 1.82) is 0 Å². The lowest BCUT2D eigenvalue weighted by Gasteiger charge is -2.31. The lowest BCUT2D eigenvalue weighted by atomic mass is 9.77. The molecule has 0 radical (unpaired) electrons. The van der Waals surface area contributed by atoms with Gasteiger partial charge < -0.3 is 25.6 Å². The number of carbonyl (C=O) groups excluding carboxylic acids is 1. The van der Waals surface area contributed by atoms with Gasteiger partial charge >= 0.3 is 7.12 Å². The summed E-state index contributed by atoms with van der Waals surface area (Å²) in [5.74, 6) is -0.459. The number of hydrogen-bond acceptors (Lipinski definition) is 5. The van der Waals surface area contributed by atoms with Crippen LogP contribution in [-0.2, 0) is 4.79 Å². The van der Waals surface area contributed by atoms with Gasteiger partial charge in [-0.05, 0) is 12.8 Å². The molecular formula is C9H18BN3O3. The molecule has 4 N–H and O–H groups in total. The number of likely N-dealkylation sites (tertiary alicyclic amines) is 1. The Morgan fingerprint density at radius 1 is 1.38 bits per heavy atom. The molecule has 6 nitrogen and oxygen atoms in total. The van der Waals surface area contributed by atoms with E-state index in [2.05, 4.69) is 10.6 Å². The van der Waals surface area contributed by atoms with Crippen LogP contribution in [0.5, 0.6) is 0 Å². The van der Waals surface area contributed by atoms with E-state index in [4.69, 9.17) is 0 Å². The molecule has 2 atom stereocenters. The van der Waals surface area contributed by atoms with E-state index < -0.39 is 13.1 Å². The third-order valence-corrected chi connectivity index (χ3v) is 3.27. The Morgan fingerprint density at radius 3 is 2.81 bits per heavy atom. The first-order valence-electron chi connectivity index (χ1n) is 5.81. The Balaban J connectivity index is 1.97. The van der Waals surface area contributed by atoms with Crippen molar-refractivity contribution in [2.45, 2.75) is 24.8 Å². The SMILES string of the molecule is O=C(C1CNCCN1)N1CCCC1B(O)O. The fourth-order valence-corrected chi connectivity index (χ4v) is 2.40. The molecule has 0 aromatic rings. The van der Waals surface area contributed by atoms with Gasteiger partial charge in [0, 0.05) is 26.2 Å². The van der Waals surface area contributed by atoms with Gasteiger partial charge in [0.25, 0.3) is 0 Å². The van der Waals surface area contributed by atoms with Crippen LogP contribution in [0, 0.1) is 0 Å². The van der Waals surface area contributed by atoms with Crippen molar-refractivity contribution >= 4 is 13.0 Å². The molecule has 90 valence electrons. The van der Waals surface area contributed by atoms with Crippen molar-refractivity contribution in [2.75, 3.05) is 26.2 Å². The predicted molar refractivity (Wildman–Crippen MR) is 59.6 cm³/mol. The number of piperazine rings is 1. The Labute approximate surface area is 95.1 Å². The zero-order valence-corrected chi connectivity index (χ0v) is 9.22. The van der Waals surface area contributed by atoms with E-state index in [0.717, 1.165) is 19.5 Å². The molecule has 7 heteroatoms. The summed E-state index contributed by atoms with van der Waals surface area (Å²) in [7, 11) is -1.43. The number of nitrogens with one attached hydrogen (secondary N) is 2. The van der Waals surface area contributed by atoms with Crippen molar-refractivity contribution in [3.8, 4) is 0 Å². The van der Waals surface area contributed by atoms with E-state index in [1.165, 1.54) is 0 Å². The Hall–Kier alpha value is -0.625. The Bertz CT molecular complexity index is 258. The molecule has 2 aliphatic rings. The number of nitrogens with zero attached hydrogens (tertiary/aromatic N) is 1. The lowest BCUT2D eigenvalue weighted by molar-refractivity contribution is -0.133. The van der Waals surface area contributed by atoms with Crippen LogP contribution < -0.4 is 10.6 Å². The molecule has 2 aliphatic heterocycles. The monoisotopic (exact) mass is 227 g/mol. The minimum Gasteiger partial charge on any atom is -0.426 e. The van der Waals surface area contributed by atoms with Gasteiger partial charge in [0.05, 0.1) is 12.0 Å². The van der Waals surface area contributed by atoms with Gasteiger partial charge in [-0.2, -0.15) is 0 Å². The highest BCUT2D eigenvalue weighted by Crippen LogP contribution is 2.19. The highest BCUT2D eigenvalue weighted by atomic mass is 16.4. The Morgan fingerprint density at radius 2 is 2.19 bits per heavy atom. The van der Waals surface area contributed by atoms with Crippen LogP contribution in [-0.4, -0.2) is 66.1 Å². The van der Waals surface area contributed by atoms with Crippen molar-refractivity contribution in [2.24, 2.45) is 0 Å². The third-order valence-electron chi connectivity index (χ3n) is 3.27. The maximum absolute atomic E-state index is 12.1. The molecule has 0 bridgehead atoms. The van der Waals surface area contributed by atoms with E-state index >= 15 is 0 Å². The van der Waals surface area contributed by atoms with Crippen LogP contribution in [0.3, 0.4) is 0 Å². The highest BCUT2D eigenvalue weighted by molar-refractivity contribution is 6.43. The van der Waals surface area contributed by atoms with Gasteiger partial charge in [0.15, 0.2) is 0 Å². The first-order chi connectivity index (χ1) is 7.70. The van der Waals surface area contributed by atoms with Crippen LogP contribution in [0.4, 0.5) is 0 Å². The van der Waals surface area contributed by atoms with Crippen LogP contribution in [0.15, 0.2) is 0 Å². The molecule has 2 saturated heterocycles. The van der Waals surface area contributed by atoms with Crippen molar-refractivity contribution in [3.05, 3.63) is 0 Å². The van der Waals surface area contributed by atoms with E-state index in [0.29, 0.717) is 19.5 Å². The molecule has 16 heavy (non-hydrogen) atoms. The van der Waals surface area contributed by atoms with E-state index in [1.807, 2.05) is 0 Å². The standard InChI is InChI=1S/C9H18BN3O3/c14-9(7-6-11-3-4-12-7)13-5-1-2-8(13)10(15)16/h7-8,11-12,15-16H,1-6H2. The molecule has 0 aromatic heterocycles. The van der Waals surface area contributed by atoms with Gasteiger partial charge in [-0.3, -0.25) is 4.79 Å². The number of rotatable bonds is 2. The molecule has 0 spiro atoms. The van der Waals surface area contributed by atoms with E-state index in [-0.39, 0.29) is 11.9 Å². The summed E-state index contributed by atoms with van der Waals surface area (Å²) in [6, 6.07) is -0.229. The fourth-order valence-electron chi connectivity index (χ4n) is 2.40. The van der Waals surface area contributed by atoms with Gasteiger partial charge in [-0.25, -0.2) is 0 Å². The van der Waals surface area contributed by atoms with Gasteiger partial charge in [0.2, 0.25) is 5.91 Å². The zero-order chi connectivity index (χ0) is 11.5. The summed E-state index contributed by atoms with van der Waals surface area (Å²) in [5.41, 5.74) is 0. The smallest absolute Gasteiger partial charge is 0.426 e. The van der Waals surface area contributed by atoms with Gasteiger partial charge in [-0.15, -0.1) is 0 Å². The first-order valence-corrected chi connectivity index (χ1v) is 5.81. The maximum atomic E-state index is 12.1. The summed E-state index contributed by atoms with van der Waals surface area (Å²) in [6.07, 6.45) is 1.51. The number of amides is 1. The maximum Gasteiger partial charge on any atom is 0.475 e. The quantitative estimate of drug-likeness (QED) is 0.393. The Kier molecular flexibility index (Phi) is 3.80. The van der Waals surface area contributed by atoms with E-state index in [1.54, 1.807) is 4.90 Å².